The molecule has 0 spiro atoms. The molecule has 1 aromatic rings. The molecule has 2 rings (SSSR count). The van der Waals surface area contributed by atoms with Crippen LogP contribution in [0, 0.1) is 19.8 Å². The Morgan fingerprint density at radius 2 is 1.94 bits per heavy atom. The van der Waals surface area contributed by atoms with Crippen LogP contribution in [0.1, 0.15) is 24.0 Å². The number of rotatable bonds is 3. The SMILES string of the molecule is Cc1cc(C)c(OCC2CCNCC2)c(Cl)c1.Cl. The van der Waals surface area contributed by atoms with Gasteiger partial charge in [0.2, 0.25) is 0 Å². The van der Waals surface area contributed by atoms with E-state index in [2.05, 4.69) is 25.2 Å². The highest BCUT2D eigenvalue weighted by molar-refractivity contribution is 6.32. The quantitative estimate of drug-likeness (QED) is 0.915. The third kappa shape index (κ3) is 4.04. The van der Waals surface area contributed by atoms with Crippen LogP contribution in [0.15, 0.2) is 12.1 Å². The van der Waals surface area contributed by atoms with Crippen molar-refractivity contribution in [2.24, 2.45) is 5.92 Å². The Bertz CT molecular complexity index is 366. The molecule has 1 aromatic carbocycles. The predicted octanol–water partition coefficient (Wildman–Crippen LogP) is 3.76. The minimum atomic E-state index is 0. The number of halogens is 2. The molecule has 1 fully saturated rings. The average molecular weight is 290 g/mol. The smallest absolute Gasteiger partial charge is 0.140 e. The first-order chi connectivity index (χ1) is 8.16. The summed E-state index contributed by atoms with van der Waals surface area (Å²) < 4.78 is 5.90. The van der Waals surface area contributed by atoms with E-state index in [4.69, 9.17) is 16.3 Å². The fraction of sp³-hybridized carbons (Fsp3) is 0.571. The molecular weight excluding hydrogens is 269 g/mol. The molecule has 4 heteroatoms. The summed E-state index contributed by atoms with van der Waals surface area (Å²) in [6.45, 7) is 7.10. The summed E-state index contributed by atoms with van der Waals surface area (Å²) in [4.78, 5) is 0. The van der Waals surface area contributed by atoms with Gasteiger partial charge in [0.1, 0.15) is 5.75 Å². The van der Waals surface area contributed by atoms with Gasteiger partial charge in [-0.05, 0) is 62.9 Å². The highest BCUT2D eigenvalue weighted by atomic mass is 35.5. The predicted molar refractivity (Wildman–Crippen MR) is 79.3 cm³/mol. The number of aryl methyl sites for hydroxylation is 2. The Kier molecular flexibility index (Phi) is 6.27. The van der Waals surface area contributed by atoms with Crippen molar-refractivity contribution < 1.29 is 4.74 Å². The van der Waals surface area contributed by atoms with E-state index in [0.29, 0.717) is 5.92 Å². The lowest BCUT2D eigenvalue weighted by atomic mass is 9.99. The Morgan fingerprint density at radius 1 is 1.28 bits per heavy atom. The Balaban J connectivity index is 0.00000162. The van der Waals surface area contributed by atoms with E-state index in [9.17, 15) is 0 Å². The molecule has 0 saturated carbocycles. The molecule has 1 aliphatic rings. The first-order valence-corrected chi connectivity index (χ1v) is 6.65. The van der Waals surface area contributed by atoms with Crippen LogP contribution in [-0.4, -0.2) is 19.7 Å². The summed E-state index contributed by atoms with van der Waals surface area (Å²) in [6.07, 6.45) is 2.39. The molecule has 18 heavy (non-hydrogen) atoms. The van der Waals surface area contributed by atoms with Crippen LogP contribution in [0.5, 0.6) is 5.75 Å². The number of ether oxygens (including phenoxy) is 1. The second kappa shape index (κ2) is 7.22. The summed E-state index contributed by atoms with van der Waals surface area (Å²) >= 11 is 6.22. The van der Waals surface area contributed by atoms with Crippen LogP contribution >= 0.6 is 24.0 Å². The molecule has 0 aromatic heterocycles. The molecule has 1 heterocycles. The minimum absolute atomic E-state index is 0. The monoisotopic (exact) mass is 289 g/mol. The zero-order valence-corrected chi connectivity index (χ0v) is 12.5. The van der Waals surface area contributed by atoms with Gasteiger partial charge in [0.25, 0.3) is 0 Å². The first-order valence-electron chi connectivity index (χ1n) is 6.27. The molecule has 0 atom stereocenters. The van der Waals surface area contributed by atoms with Crippen molar-refractivity contribution >= 4 is 24.0 Å². The molecule has 0 bridgehead atoms. The third-order valence-corrected chi connectivity index (χ3v) is 3.58. The lowest BCUT2D eigenvalue weighted by Gasteiger charge is -2.23. The van der Waals surface area contributed by atoms with Gasteiger partial charge in [0, 0.05) is 0 Å². The Labute approximate surface area is 120 Å². The maximum absolute atomic E-state index is 6.22. The van der Waals surface area contributed by atoms with Crippen molar-refractivity contribution in [1.82, 2.24) is 5.32 Å². The van der Waals surface area contributed by atoms with Gasteiger partial charge in [0.15, 0.2) is 0 Å². The fourth-order valence-electron chi connectivity index (χ4n) is 2.33. The number of nitrogens with one attached hydrogen (secondary N) is 1. The number of piperidine rings is 1. The van der Waals surface area contributed by atoms with Crippen molar-refractivity contribution in [2.45, 2.75) is 26.7 Å². The maximum Gasteiger partial charge on any atom is 0.140 e. The molecular formula is C14H21Cl2NO. The van der Waals surface area contributed by atoms with E-state index in [1.54, 1.807) is 0 Å². The summed E-state index contributed by atoms with van der Waals surface area (Å²) in [5.74, 6) is 1.52. The highest BCUT2D eigenvalue weighted by Gasteiger charge is 2.15. The molecule has 1 saturated heterocycles. The van der Waals surface area contributed by atoms with Gasteiger partial charge >= 0.3 is 0 Å². The number of benzene rings is 1. The van der Waals surface area contributed by atoms with Crippen LogP contribution in [0.4, 0.5) is 0 Å². The molecule has 0 aliphatic carbocycles. The van der Waals surface area contributed by atoms with Gasteiger partial charge in [-0.25, -0.2) is 0 Å². The van der Waals surface area contributed by atoms with Crippen molar-refractivity contribution in [3.63, 3.8) is 0 Å². The van der Waals surface area contributed by atoms with E-state index in [-0.39, 0.29) is 12.4 Å². The Morgan fingerprint density at radius 3 is 2.56 bits per heavy atom. The largest absolute Gasteiger partial charge is 0.491 e. The second-order valence-electron chi connectivity index (χ2n) is 4.90. The van der Waals surface area contributed by atoms with Crippen LogP contribution < -0.4 is 10.1 Å². The average Bonchev–Trinajstić information content (AvgIpc) is 2.29. The van der Waals surface area contributed by atoms with E-state index in [1.807, 2.05) is 6.07 Å². The second-order valence-corrected chi connectivity index (χ2v) is 5.30. The van der Waals surface area contributed by atoms with E-state index >= 15 is 0 Å². The van der Waals surface area contributed by atoms with Crippen LogP contribution in [-0.2, 0) is 0 Å². The fourth-order valence-corrected chi connectivity index (χ4v) is 2.71. The van der Waals surface area contributed by atoms with Crippen molar-refractivity contribution in [1.29, 1.82) is 0 Å². The van der Waals surface area contributed by atoms with Crippen LogP contribution in [0.2, 0.25) is 5.02 Å². The van der Waals surface area contributed by atoms with Gasteiger partial charge < -0.3 is 10.1 Å². The van der Waals surface area contributed by atoms with Gasteiger partial charge in [-0.3, -0.25) is 0 Å². The van der Waals surface area contributed by atoms with Crippen molar-refractivity contribution in [2.75, 3.05) is 19.7 Å². The van der Waals surface area contributed by atoms with Crippen molar-refractivity contribution in [3.05, 3.63) is 28.3 Å². The summed E-state index contributed by atoms with van der Waals surface area (Å²) in [6, 6.07) is 4.08. The highest BCUT2D eigenvalue weighted by Crippen LogP contribution is 2.30. The van der Waals surface area contributed by atoms with Gasteiger partial charge in [-0.15, -0.1) is 12.4 Å². The maximum atomic E-state index is 6.22. The van der Waals surface area contributed by atoms with Gasteiger partial charge in [-0.1, -0.05) is 17.7 Å². The number of hydrogen-bond acceptors (Lipinski definition) is 2. The molecule has 0 amide bonds. The zero-order chi connectivity index (χ0) is 12.3. The third-order valence-electron chi connectivity index (χ3n) is 3.30. The molecule has 2 nitrogen and oxygen atoms in total. The zero-order valence-electron chi connectivity index (χ0n) is 11.0. The summed E-state index contributed by atoms with van der Waals surface area (Å²) in [5, 5.41) is 4.09. The van der Waals surface area contributed by atoms with Crippen LogP contribution in [0.25, 0.3) is 0 Å². The van der Waals surface area contributed by atoms with Crippen molar-refractivity contribution in [3.8, 4) is 5.75 Å². The summed E-state index contributed by atoms with van der Waals surface area (Å²) in [5.41, 5.74) is 2.31. The standard InChI is InChI=1S/C14H20ClNO.ClH/c1-10-7-11(2)14(13(15)8-10)17-9-12-3-5-16-6-4-12;/h7-8,12,16H,3-6,9H2,1-2H3;1H. The number of hydrogen-bond donors (Lipinski definition) is 1. The van der Waals surface area contributed by atoms with E-state index < -0.39 is 0 Å². The lowest BCUT2D eigenvalue weighted by Crippen LogP contribution is -2.30. The van der Waals surface area contributed by atoms with E-state index in [0.717, 1.165) is 36.0 Å². The molecule has 102 valence electrons. The van der Waals surface area contributed by atoms with Gasteiger partial charge in [-0.2, -0.15) is 0 Å². The molecule has 1 aliphatic heterocycles. The normalized spacial score (nSPS) is 16.2. The molecule has 0 unspecified atom stereocenters. The first kappa shape index (κ1) is 15.6. The van der Waals surface area contributed by atoms with E-state index in [1.165, 1.54) is 18.4 Å². The van der Waals surface area contributed by atoms with Gasteiger partial charge in [0.05, 0.1) is 11.6 Å². The van der Waals surface area contributed by atoms with Crippen LogP contribution in [0.3, 0.4) is 0 Å². The molecule has 1 N–H and O–H groups in total. The summed E-state index contributed by atoms with van der Waals surface area (Å²) in [7, 11) is 0. The Hall–Kier alpha value is -0.440. The minimum Gasteiger partial charge on any atom is -0.491 e. The lowest BCUT2D eigenvalue weighted by molar-refractivity contribution is 0.214. The topological polar surface area (TPSA) is 21.3 Å². The molecule has 0 radical (unpaired) electrons.